The van der Waals surface area contributed by atoms with Crippen LogP contribution in [0.1, 0.15) is 34.1 Å². The van der Waals surface area contributed by atoms with Gasteiger partial charge >= 0.3 is 0 Å². The quantitative estimate of drug-likeness (QED) is 0.295. The second kappa shape index (κ2) is 12.5. The molecule has 0 aliphatic heterocycles. The lowest BCUT2D eigenvalue weighted by molar-refractivity contribution is -0.125. The molecule has 0 unspecified atom stereocenters. The van der Waals surface area contributed by atoms with Crippen molar-refractivity contribution in [3.63, 3.8) is 0 Å². The molecule has 0 spiro atoms. The Kier molecular flexibility index (Phi) is 8.68. The molecule has 1 heterocycles. The summed E-state index contributed by atoms with van der Waals surface area (Å²) in [5, 5.41) is 9.27. The van der Waals surface area contributed by atoms with Crippen LogP contribution in [0.2, 0.25) is 0 Å². The lowest BCUT2D eigenvalue weighted by Gasteiger charge is -2.32. The first-order valence-electron chi connectivity index (χ1n) is 12.5. The maximum absolute atomic E-state index is 13.8. The van der Waals surface area contributed by atoms with E-state index >= 15 is 0 Å². The summed E-state index contributed by atoms with van der Waals surface area (Å²) in [6.45, 7) is 5.80. The van der Waals surface area contributed by atoms with E-state index in [1.165, 1.54) is 4.90 Å². The van der Waals surface area contributed by atoms with E-state index in [4.69, 9.17) is 4.52 Å². The van der Waals surface area contributed by atoms with Crippen molar-refractivity contribution in [3.05, 3.63) is 125 Å². The molecule has 3 amide bonds. The first-order chi connectivity index (χ1) is 18.8. The summed E-state index contributed by atoms with van der Waals surface area (Å²) < 4.78 is 4.96. The molecule has 0 aliphatic carbocycles. The Morgan fingerprint density at radius 2 is 1.59 bits per heavy atom. The second-order valence-electron chi connectivity index (χ2n) is 9.16. The molecule has 0 saturated heterocycles. The largest absolute Gasteiger partial charge is 0.360 e. The summed E-state index contributed by atoms with van der Waals surface area (Å²) in [5.41, 5.74) is 3.87. The van der Waals surface area contributed by atoms with Crippen molar-refractivity contribution in [1.82, 2.24) is 10.5 Å². The molecule has 3 aromatic carbocycles. The van der Waals surface area contributed by atoms with Gasteiger partial charge in [-0.2, -0.15) is 0 Å². The van der Waals surface area contributed by atoms with Crippen molar-refractivity contribution in [2.75, 3.05) is 10.2 Å². The normalized spacial score (nSPS) is 11.7. The van der Waals surface area contributed by atoms with Gasteiger partial charge in [-0.15, -0.1) is 0 Å². The topological polar surface area (TPSA) is 105 Å². The number of nitrogens with zero attached hydrogens (tertiary/aromatic N) is 2. The van der Waals surface area contributed by atoms with Crippen LogP contribution in [0.15, 0.2) is 102 Å². The molecule has 0 saturated carbocycles. The zero-order chi connectivity index (χ0) is 27.8. The maximum atomic E-state index is 13.8. The van der Waals surface area contributed by atoms with Crippen LogP contribution in [0.4, 0.5) is 11.5 Å². The highest BCUT2D eigenvalue weighted by Crippen LogP contribution is 2.31. The van der Waals surface area contributed by atoms with Crippen LogP contribution >= 0.6 is 0 Å². The minimum Gasteiger partial charge on any atom is -0.360 e. The number of amides is 3. The SMILES string of the molecule is Cc1ccc(C)c(N(C(=O)/C=C/C(=O)Nc2cc(C)on2)[C@@H](C(=O)NCc2ccccc2)c2ccccc2)c1. The summed E-state index contributed by atoms with van der Waals surface area (Å²) in [5.74, 6) is -0.654. The van der Waals surface area contributed by atoms with Gasteiger partial charge in [-0.1, -0.05) is 78.0 Å². The summed E-state index contributed by atoms with van der Waals surface area (Å²) in [6, 6.07) is 24.9. The number of rotatable bonds is 9. The average Bonchev–Trinajstić information content (AvgIpc) is 3.35. The van der Waals surface area contributed by atoms with Gasteiger partial charge in [0.1, 0.15) is 11.8 Å². The Labute approximate surface area is 227 Å². The lowest BCUT2D eigenvalue weighted by Crippen LogP contribution is -2.43. The number of anilines is 2. The summed E-state index contributed by atoms with van der Waals surface area (Å²) in [7, 11) is 0. The van der Waals surface area contributed by atoms with Crippen molar-refractivity contribution in [2.45, 2.75) is 33.4 Å². The molecule has 0 radical (unpaired) electrons. The number of nitrogens with one attached hydrogen (secondary N) is 2. The molecule has 2 N–H and O–H groups in total. The Hall–Kier alpha value is -4.98. The van der Waals surface area contributed by atoms with Gasteiger partial charge in [-0.05, 0) is 49.1 Å². The number of hydrogen-bond acceptors (Lipinski definition) is 5. The van der Waals surface area contributed by atoms with E-state index in [-0.39, 0.29) is 11.7 Å². The molecule has 8 heteroatoms. The Morgan fingerprint density at radius 3 is 2.26 bits per heavy atom. The Balaban J connectivity index is 1.70. The van der Waals surface area contributed by atoms with Gasteiger partial charge in [0.2, 0.25) is 11.8 Å². The molecule has 8 nitrogen and oxygen atoms in total. The number of carbonyl (C=O) groups is 3. The molecule has 0 aliphatic rings. The third kappa shape index (κ3) is 7.07. The number of benzene rings is 3. The monoisotopic (exact) mass is 522 g/mol. The van der Waals surface area contributed by atoms with Crippen LogP contribution in [0.25, 0.3) is 0 Å². The molecule has 4 rings (SSSR count). The zero-order valence-corrected chi connectivity index (χ0v) is 22.0. The minimum absolute atomic E-state index is 0.239. The van der Waals surface area contributed by atoms with Crippen molar-refractivity contribution >= 4 is 29.2 Å². The first kappa shape index (κ1) is 27.1. The van der Waals surface area contributed by atoms with Crippen LogP contribution in [0.5, 0.6) is 0 Å². The molecule has 4 aromatic rings. The van der Waals surface area contributed by atoms with Crippen LogP contribution in [-0.2, 0) is 20.9 Å². The van der Waals surface area contributed by atoms with Crippen molar-refractivity contribution in [3.8, 4) is 0 Å². The highest BCUT2D eigenvalue weighted by molar-refractivity contribution is 6.10. The molecular weight excluding hydrogens is 492 g/mol. The van der Waals surface area contributed by atoms with E-state index < -0.39 is 17.9 Å². The van der Waals surface area contributed by atoms with Gasteiger partial charge in [0, 0.05) is 30.5 Å². The molecule has 39 heavy (non-hydrogen) atoms. The van der Waals surface area contributed by atoms with Crippen LogP contribution in [0.3, 0.4) is 0 Å². The fourth-order valence-electron chi connectivity index (χ4n) is 4.12. The van der Waals surface area contributed by atoms with Gasteiger partial charge in [-0.25, -0.2) is 0 Å². The lowest BCUT2D eigenvalue weighted by atomic mass is 10.0. The van der Waals surface area contributed by atoms with Crippen LogP contribution in [-0.4, -0.2) is 22.9 Å². The molecule has 198 valence electrons. The van der Waals surface area contributed by atoms with E-state index in [1.54, 1.807) is 13.0 Å². The van der Waals surface area contributed by atoms with Gasteiger partial charge in [-0.3, -0.25) is 19.3 Å². The van der Waals surface area contributed by atoms with Gasteiger partial charge in [0.15, 0.2) is 5.82 Å². The smallest absolute Gasteiger partial charge is 0.252 e. The second-order valence-corrected chi connectivity index (χ2v) is 9.16. The molecule has 1 atom stereocenters. The van der Waals surface area contributed by atoms with Gasteiger partial charge < -0.3 is 15.2 Å². The highest BCUT2D eigenvalue weighted by Gasteiger charge is 2.32. The van der Waals surface area contributed by atoms with Crippen LogP contribution < -0.4 is 15.5 Å². The minimum atomic E-state index is -0.992. The Morgan fingerprint density at radius 1 is 0.897 bits per heavy atom. The number of aromatic nitrogens is 1. The summed E-state index contributed by atoms with van der Waals surface area (Å²) in [4.78, 5) is 41.5. The van der Waals surface area contributed by atoms with Crippen molar-refractivity contribution in [2.24, 2.45) is 0 Å². The summed E-state index contributed by atoms with van der Waals surface area (Å²) in [6.07, 6.45) is 2.28. The highest BCUT2D eigenvalue weighted by atomic mass is 16.5. The van der Waals surface area contributed by atoms with E-state index in [1.807, 2.05) is 92.7 Å². The predicted octanol–water partition coefficient (Wildman–Crippen LogP) is 5.19. The van der Waals surface area contributed by atoms with E-state index in [9.17, 15) is 14.4 Å². The van der Waals surface area contributed by atoms with Crippen LogP contribution in [0, 0.1) is 20.8 Å². The standard InChI is InChI=1S/C31H30N4O4/c1-21-14-15-22(2)26(18-21)35(29(37)17-16-28(36)33-27-19-23(3)39-34-27)30(25-12-8-5-9-13-25)31(38)32-20-24-10-6-4-7-11-24/h4-19,30H,20H2,1-3H3,(H,32,38)(H,33,34,36)/b17-16+/t30-/m1/s1. The Bertz CT molecular complexity index is 1480. The third-order valence-corrected chi connectivity index (χ3v) is 6.05. The van der Waals surface area contributed by atoms with E-state index in [0.29, 0.717) is 23.6 Å². The van der Waals surface area contributed by atoms with E-state index in [2.05, 4.69) is 15.8 Å². The third-order valence-electron chi connectivity index (χ3n) is 6.05. The number of aryl methyl sites for hydroxylation is 3. The number of hydrogen-bond donors (Lipinski definition) is 2. The van der Waals surface area contributed by atoms with Gasteiger partial charge in [0.05, 0.1) is 0 Å². The molecule has 1 aromatic heterocycles. The first-order valence-corrected chi connectivity index (χ1v) is 12.5. The predicted molar refractivity (Wildman–Crippen MR) is 150 cm³/mol. The molecular formula is C31H30N4O4. The summed E-state index contributed by atoms with van der Waals surface area (Å²) >= 11 is 0. The molecule has 0 bridgehead atoms. The maximum Gasteiger partial charge on any atom is 0.252 e. The molecule has 0 fully saturated rings. The number of carbonyl (C=O) groups excluding carboxylic acids is 3. The van der Waals surface area contributed by atoms with Crippen molar-refractivity contribution < 1.29 is 18.9 Å². The van der Waals surface area contributed by atoms with Gasteiger partial charge in [0.25, 0.3) is 5.91 Å². The van der Waals surface area contributed by atoms with Crippen molar-refractivity contribution in [1.29, 1.82) is 0 Å². The zero-order valence-electron chi connectivity index (χ0n) is 22.0. The fraction of sp³-hybridized carbons (Fsp3) is 0.161. The fourth-order valence-corrected chi connectivity index (χ4v) is 4.12. The average molecular weight is 523 g/mol. The van der Waals surface area contributed by atoms with E-state index in [0.717, 1.165) is 28.8 Å².